The smallest absolute Gasteiger partial charge is 0.173 e. The topological polar surface area (TPSA) is 75.7 Å². The molecule has 0 saturated heterocycles. The second-order valence-electron chi connectivity index (χ2n) is 3.59. The van der Waals surface area contributed by atoms with Gasteiger partial charge >= 0.3 is 0 Å². The first-order valence-electron chi connectivity index (χ1n) is 6.77. The summed E-state index contributed by atoms with van der Waals surface area (Å²) in [5.41, 5.74) is 7.38. The summed E-state index contributed by atoms with van der Waals surface area (Å²) < 4.78 is 4.10. The van der Waals surface area contributed by atoms with Crippen LogP contribution in [0.1, 0.15) is 38.3 Å². The molecule has 0 unspecified atom stereocenters. The maximum Gasteiger partial charge on any atom is 0.173 e. The predicted molar refractivity (Wildman–Crippen MR) is 86.6 cm³/mol. The first-order chi connectivity index (χ1) is 9.49. The van der Waals surface area contributed by atoms with Gasteiger partial charge in [0, 0.05) is 7.11 Å². The predicted octanol–water partition coefficient (Wildman–Crippen LogP) is 3.53. The summed E-state index contributed by atoms with van der Waals surface area (Å²) in [6.45, 7) is 11.1. The lowest BCUT2D eigenvalue weighted by Crippen LogP contribution is -1.88. The molecule has 4 nitrogen and oxygen atoms in total. The van der Waals surface area contributed by atoms with Crippen LogP contribution in [0.3, 0.4) is 0 Å². The van der Waals surface area contributed by atoms with Crippen molar-refractivity contribution in [1.82, 2.24) is 0 Å². The van der Waals surface area contributed by atoms with Crippen molar-refractivity contribution in [3.05, 3.63) is 47.9 Å². The zero-order valence-electron chi connectivity index (χ0n) is 13.5. The zero-order valence-corrected chi connectivity index (χ0v) is 13.5. The molecular weight excluding hydrogens is 254 g/mol. The van der Waals surface area contributed by atoms with Gasteiger partial charge in [0.1, 0.15) is 6.79 Å². The van der Waals surface area contributed by atoms with E-state index in [2.05, 4.69) is 55.2 Å². The van der Waals surface area contributed by atoms with Crippen molar-refractivity contribution in [3.63, 3.8) is 0 Å². The SMILES string of the molecule is C=C(N)O.CC.CCCc1ccccc1C.COCO. The van der Waals surface area contributed by atoms with Crippen molar-refractivity contribution in [1.29, 1.82) is 0 Å². The van der Waals surface area contributed by atoms with Crippen molar-refractivity contribution in [3.8, 4) is 0 Å². The largest absolute Gasteiger partial charge is 0.495 e. The van der Waals surface area contributed by atoms with E-state index in [0.717, 1.165) is 0 Å². The average Bonchev–Trinajstić information content (AvgIpc) is 2.44. The normalized spacial score (nSPS) is 7.90. The number of benzene rings is 1. The Balaban J connectivity index is -0.000000243. The van der Waals surface area contributed by atoms with Crippen LogP contribution in [0.4, 0.5) is 0 Å². The van der Waals surface area contributed by atoms with Gasteiger partial charge in [0.15, 0.2) is 5.88 Å². The van der Waals surface area contributed by atoms with Gasteiger partial charge in [-0.1, -0.05) is 51.5 Å². The lowest BCUT2D eigenvalue weighted by molar-refractivity contribution is 0.0325. The van der Waals surface area contributed by atoms with Crippen LogP contribution in [-0.2, 0) is 11.2 Å². The Labute approximate surface area is 123 Å². The molecule has 0 bridgehead atoms. The van der Waals surface area contributed by atoms with Gasteiger partial charge in [0.05, 0.1) is 0 Å². The van der Waals surface area contributed by atoms with Crippen LogP contribution in [0, 0.1) is 6.92 Å². The maximum absolute atomic E-state index is 7.65. The number of nitrogens with two attached hydrogens (primary N) is 1. The number of aliphatic hydroxyl groups excluding tert-OH is 2. The molecule has 4 heteroatoms. The van der Waals surface area contributed by atoms with E-state index in [0.29, 0.717) is 0 Å². The van der Waals surface area contributed by atoms with Crippen molar-refractivity contribution in [2.24, 2.45) is 5.73 Å². The third kappa shape index (κ3) is 21.7. The van der Waals surface area contributed by atoms with Crippen molar-refractivity contribution < 1.29 is 14.9 Å². The molecule has 118 valence electrons. The minimum absolute atomic E-state index is 0.181. The fourth-order valence-electron chi connectivity index (χ4n) is 1.16. The Morgan fingerprint density at radius 3 is 2.00 bits per heavy atom. The van der Waals surface area contributed by atoms with E-state index in [-0.39, 0.29) is 12.7 Å². The molecule has 20 heavy (non-hydrogen) atoms. The van der Waals surface area contributed by atoms with Crippen LogP contribution in [0.15, 0.2) is 36.7 Å². The molecule has 0 aromatic heterocycles. The Morgan fingerprint density at radius 1 is 1.30 bits per heavy atom. The molecular formula is C16H31NO3. The molecule has 0 heterocycles. The van der Waals surface area contributed by atoms with E-state index in [4.69, 9.17) is 10.2 Å². The summed E-state index contributed by atoms with van der Waals surface area (Å²) in [6.07, 6.45) is 2.46. The second kappa shape index (κ2) is 19.8. The number of aryl methyl sites for hydroxylation is 2. The highest BCUT2D eigenvalue weighted by Gasteiger charge is 1.92. The van der Waals surface area contributed by atoms with Gasteiger partial charge in [-0.3, -0.25) is 0 Å². The zero-order chi connectivity index (χ0) is 16.4. The molecule has 1 rings (SSSR count). The van der Waals surface area contributed by atoms with E-state index in [1.165, 1.54) is 31.1 Å². The molecule has 0 aliphatic rings. The van der Waals surface area contributed by atoms with Crippen LogP contribution in [0.25, 0.3) is 0 Å². The molecule has 0 saturated carbocycles. The van der Waals surface area contributed by atoms with E-state index in [1.807, 2.05) is 13.8 Å². The monoisotopic (exact) mass is 285 g/mol. The summed E-state index contributed by atoms with van der Waals surface area (Å²) in [6, 6.07) is 8.58. The number of methoxy groups -OCH3 is 1. The van der Waals surface area contributed by atoms with Crippen molar-refractivity contribution >= 4 is 0 Å². The summed E-state index contributed by atoms with van der Waals surface area (Å²) >= 11 is 0. The molecule has 1 aromatic rings. The Kier molecular flexibility index (Phi) is 23.3. The standard InChI is InChI=1S/C10H14.C2H5NO.C2H6O2.C2H6/c1-3-6-10-8-5-4-7-9(10)2;1-2(3)4;1-4-2-3;1-2/h4-5,7-8H,3,6H2,1-2H3;4H,1,3H2;3H,2H2,1H3;1-2H3. The Bertz CT molecular complexity index is 308. The quantitative estimate of drug-likeness (QED) is 0.586. The highest BCUT2D eigenvalue weighted by atomic mass is 16.6. The lowest BCUT2D eigenvalue weighted by atomic mass is 10.1. The van der Waals surface area contributed by atoms with Crippen molar-refractivity contribution in [2.75, 3.05) is 13.9 Å². The molecule has 0 aliphatic carbocycles. The van der Waals surface area contributed by atoms with Gasteiger partial charge in [-0.05, 0) is 31.1 Å². The van der Waals surface area contributed by atoms with Gasteiger partial charge in [-0.15, -0.1) is 0 Å². The third-order valence-electron chi connectivity index (χ3n) is 1.91. The van der Waals surface area contributed by atoms with Crippen LogP contribution in [0.2, 0.25) is 0 Å². The Hall–Kier alpha value is -1.52. The van der Waals surface area contributed by atoms with E-state index in [9.17, 15) is 0 Å². The van der Waals surface area contributed by atoms with Gasteiger partial charge in [0.25, 0.3) is 0 Å². The molecule has 0 aliphatic heterocycles. The molecule has 4 N–H and O–H groups in total. The molecule has 0 spiro atoms. The fraction of sp³-hybridized carbons (Fsp3) is 0.500. The summed E-state index contributed by atoms with van der Waals surface area (Å²) in [4.78, 5) is 0. The van der Waals surface area contributed by atoms with Gasteiger partial charge in [-0.2, -0.15) is 0 Å². The molecule has 0 fully saturated rings. The van der Waals surface area contributed by atoms with Crippen LogP contribution < -0.4 is 5.73 Å². The average molecular weight is 285 g/mol. The summed E-state index contributed by atoms with van der Waals surface area (Å²) in [5, 5.41) is 15.3. The first kappa shape index (κ1) is 23.6. The van der Waals surface area contributed by atoms with Crippen LogP contribution in [-0.4, -0.2) is 24.1 Å². The number of rotatable bonds is 3. The second-order valence-corrected chi connectivity index (χ2v) is 3.59. The molecule has 1 aromatic carbocycles. The van der Waals surface area contributed by atoms with Crippen molar-refractivity contribution in [2.45, 2.75) is 40.5 Å². The molecule has 0 atom stereocenters. The summed E-state index contributed by atoms with van der Waals surface area (Å²) in [7, 11) is 1.43. The highest BCUT2D eigenvalue weighted by Crippen LogP contribution is 2.08. The third-order valence-corrected chi connectivity index (χ3v) is 1.91. The van der Waals surface area contributed by atoms with Gasteiger partial charge < -0.3 is 20.7 Å². The van der Waals surface area contributed by atoms with Crippen LogP contribution in [0.5, 0.6) is 0 Å². The van der Waals surface area contributed by atoms with Gasteiger partial charge in [-0.25, -0.2) is 0 Å². The minimum atomic E-state index is -0.333. The van der Waals surface area contributed by atoms with E-state index < -0.39 is 0 Å². The number of hydrogen-bond acceptors (Lipinski definition) is 4. The van der Waals surface area contributed by atoms with E-state index in [1.54, 1.807) is 0 Å². The number of ether oxygens (including phenoxy) is 1. The number of aliphatic hydroxyl groups is 2. The highest BCUT2D eigenvalue weighted by molar-refractivity contribution is 5.25. The summed E-state index contributed by atoms with van der Waals surface area (Å²) in [5.74, 6) is -0.333. The van der Waals surface area contributed by atoms with Crippen LogP contribution >= 0.6 is 0 Å². The number of hydrogen-bond donors (Lipinski definition) is 3. The first-order valence-corrected chi connectivity index (χ1v) is 6.77. The fourth-order valence-corrected chi connectivity index (χ4v) is 1.16. The molecule has 0 amide bonds. The lowest BCUT2D eigenvalue weighted by Gasteiger charge is -2.01. The maximum atomic E-state index is 7.65. The van der Waals surface area contributed by atoms with E-state index >= 15 is 0 Å². The van der Waals surface area contributed by atoms with Gasteiger partial charge in [0.2, 0.25) is 0 Å². The molecule has 0 radical (unpaired) electrons. The minimum Gasteiger partial charge on any atom is -0.495 e. The Morgan fingerprint density at radius 2 is 1.70 bits per heavy atom.